The molecule has 0 bridgehead atoms. The first-order chi connectivity index (χ1) is 14.3. The molecular weight excluding hydrogens is 387 g/mol. The summed E-state index contributed by atoms with van der Waals surface area (Å²) in [6, 6.07) is -2.01. The van der Waals surface area contributed by atoms with Crippen LogP contribution in [0.3, 0.4) is 0 Å². The van der Waals surface area contributed by atoms with Crippen LogP contribution in [0, 0.1) is 5.92 Å². The number of nitrogens with one attached hydrogen (secondary N) is 1. The zero-order valence-corrected chi connectivity index (χ0v) is 17.8. The predicted octanol–water partition coefficient (Wildman–Crippen LogP) is -0.607. The predicted molar refractivity (Wildman–Crippen MR) is 112 cm³/mol. The normalized spacial score (nSPS) is 27.1. The molecule has 0 radical (unpaired) electrons. The molecule has 2 saturated heterocycles. The van der Waals surface area contributed by atoms with Gasteiger partial charge in [0, 0.05) is 13.1 Å². The molecule has 0 spiro atoms. The van der Waals surface area contributed by atoms with Crippen molar-refractivity contribution in [2.24, 2.45) is 11.7 Å². The topological polar surface area (TPSA) is 136 Å². The average molecular weight is 422 g/mol. The smallest absolute Gasteiger partial charge is 0.426 e. The fourth-order valence-electron chi connectivity index (χ4n) is 5.18. The van der Waals surface area contributed by atoms with Crippen molar-refractivity contribution in [3.05, 3.63) is 0 Å². The Kier molecular flexibility index (Phi) is 7.76. The van der Waals surface area contributed by atoms with Crippen molar-refractivity contribution in [1.82, 2.24) is 15.1 Å². The molecule has 30 heavy (non-hydrogen) atoms. The van der Waals surface area contributed by atoms with E-state index >= 15 is 0 Å². The van der Waals surface area contributed by atoms with Crippen molar-refractivity contribution >= 4 is 24.8 Å². The number of carbonyl (C=O) groups excluding carboxylic acids is 3. The molecule has 1 aliphatic carbocycles. The lowest BCUT2D eigenvalue weighted by Crippen LogP contribution is -2.57. The van der Waals surface area contributed by atoms with E-state index in [-0.39, 0.29) is 23.6 Å². The largest absolute Gasteiger partial charge is 0.475 e. The summed E-state index contributed by atoms with van der Waals surface area (Å²) in [5, 5.41) is 21.9. The Morgan fingerprint density at radius 2 is 1.60 bits per heavy atom. The van der Waals surface area contributed by atoms with Gasteiger partial charge in [0.2, 0.25) is 17.7 Å². The maximum absolute atomic E-state index is 13.0. The minimum atomic E-state index is -1.58. The molecule has 1 unspecified atom stereocenters. The summed E-state index contributed by atoms with van der Waals surface area (Å²) < 4.78 is 0. The van der Waals surface area contributed by atoms with Crippen LogP contribution in [0.15, 0.2) is 0 Å². The van der Waals surface area contributed by atoms with Gasteiger partial charge in [-0.2, -0.15) is 0 Å². The Balaban J connectivity index is 1.59. The van der Waals surface area contributed by atoms with Crippen molar-refractivity contribution in [2.75, 3.05) is 13.1 Å². The van der Waals surface area contributed by atoms with E-state index in [1.54, 1.807) is 6.92 Å². The first-order valence-corrected chi connectivity index (χ1v) is 11.3. The molecule has 0 aromatic rings. The van der Waals surface area contributed by atoms with Crippen molar-refractivity contribution in [2.45, 2.75) is 88.8 Å². The van der Waals surface area contributed by atoms with Crippen LogP contribution in [0.2, 0.25) is 0 Å². The summed E-state index contributed by atoms with van der Waals surface area (Å²) >= 11 is 0. The molecule has 0 aromatic heterocycles. The lowest BCUT2D eigenvalue weighted by Gasteiger charge is -2.33. The van der Waals surface area contributed by atoms with Crippen molar-refractivity contribution in [3.8, 4) is 0 Å². The summed E-state index contributed by atoms with van der Waals surface area (Å²) in [5.41, 5.74) is 6.15. The van der Waals surface area contributed by atoms with Crippen LogP contribution in [-0.2, 0) is 14.4 Å². The van der Waals surface area contributed by atoms with Gasteiger partial charge in [-0.05, 0) is 51.4 Å². The van der Waals surface area contributed by atoms with Gasteiger partial charge in [0.05, 0.1) is 12.0 Å². The van der Waals surface area contributed by atoms with E-state index in [1.807, 2.05) is 0 Å². The van der Waals surface area contributed by atoms with E-state index in [4.69, 9.17) is 5.73 Å². The number of hydrogen-bond donors (Lipinski definition) is 4. The van der Waals surface area contributed by atoms with Gasteiger partial charge in [0.15, 0.2) is 0 Å². The molecule has 3 rings (SSSR count). The Bertz CT molecular complexity index is 643. The maximum Gasteiger partial charge on any atom is 0.475 e. The zero-order valence-electron chi connectivity index (χ0n) is 17.8. The van der Waals surface area contributed by atoms with Crippen LogP contribution in [0.25, 0.3) is 0 Å². The van der Waals surface area contributed by atoms with Crippen LogP contribution in [0.4, 0.5) is 0 Å². The highest BCUT2D eigenvalue weighted by Crippen LogP contribution is 2.27. The number of carbonyl (C=O) groups is 3. The van der Waals surface area contributed by atoms with Gasteiger partial charge in [-0.3, -0.25) is 14.4 Å². The molecule has 9 nitrogen and oxygen atoms in total. The molecule has 1 saturated carbocycles. The van der Waals surface area contributed by atoms with E-state index in [0.29, 0.717) is 38.8 Å². The van der Waals surface area contributed by atoms with Crippen molar-refractivity contribution in [3.63, 3.8) is 0 Å². The summed E-state index contributed by atoms with van der Waals surface area (Å²) in [7, 11) is -1.58. The Morgan fingerprint density at radius 1 is 0.967 bits per heavy atom. The molecule has 3 amide bonds. The quantitative estimate of drug-likeness (QED) is 0.422. The number of likely N-dealkylation sites (tertiary alicyclic amines) is 2. The van der Waals surface area contributed by atoms with Crippen LogP contribution < -0.4 is 11.1 Å². The first kappa shape index (κ1) is 23.0. The number of amides is 3. The summed E-state index contributed by atoms with van der Waals surface area (Å²) in [6.07, 6.45) is 7.70. The summed E-state index contributed by atoms with van der Waals surface area (Å²) in [6.45, 7) is 2.54. The maximum atomic E-state index is 13.0. The monoisotopic (exact) mass is 422 g/mol. The van der Waals surface area contributed by atoms with Gasteiger partial charge in [0.25, 0.3) is 0 Å². The van der Waals surface area contributed by atoms with Crippen LogP contribution >= 0.6 is 0 Å². The van der Waals surface area contributed by atoms with E-state index in [9.17, 15) is 24.4 Å². The first-order valence-electron chi connectivity index (χ1n) is 11.3. The number of nitrogens with zero attached hydrogens (tertiary/aromatic N) is 2. The standard InChI is InChI=1S/C20H35BN4O5/c1-13(23-18(26)17(22)14-7-3-2-4-8-14)19(27)24-11-5-9-15(24)20(28)25-12-6-10-16(25)21(29)30/h13-17,29-30H,2-12,22H2,1H3,(H,23,26)/t13-,15-,16-,17?/m0/s1. The molecule has 10 heteroatoms. The zero-order chi connectivity index (χ0) is 21.8. The third-order valence-electron chi connectivity index (χ3n) is 6.94. The number of hydrogen-bond acceptors (Lipinski definition) is 6. The summed E-state index contributed by atoms with van der Waals surface area (Å²) in [5.74, 6) is -1.32. The molecular formula is C20H35BN4O5. The Hall–Kier alpha value is -1.65. The van der Waals surface area contributed by atoms with Crippen molar-refractivity contribution < 1.29 is 24.4 Å². The van der Waals surface area contributed by atoms with Crippen LogP contribution in [-0.4, -0.2) is 81.8 Å². The highest BCUT2D eigenvalue weighted by atomic mass is 16.4. The number of rotatable bonds is 6. The van der Waals surface area contributed by atoms with Crippen molar-refractivity contribution in [1.29, 1.82) is 0 Å². The van der Waals surface area contributed by atoms with E-state index in [0.717, 1.165) is 25.7 Å². The van der Waals surface area contributed by atoms with E-state index in [1.165, 1.54) is 16.2 Å². The number of nitrogens with two attached hydrogens (primary N) is 1. The highest BCUT2D eigenvalue weighted by Gasteiger charge is 2.44. The van der Waals surface area contributed by atoms with Gasteiger partial charge in [-0.15, -0.1) is 0 Å². The highest BCUT2D eigenvalue weighted by molar-refractivity contribution is 6.43. The van der Waals surface area contributed by atoms with Crippen LogP contribution in [0.1, 0.15) is 64.7 Å². The minimum absolute atomic E-state index is 0.152. The second-order valence-corrected chi connectivity index (χ2v) is 9.00. The fourth-order valence-corrected chi connectivity index (χ4v) is 5.18. The third kappa shape index (κ3) is 4.98. The second-order valence-electron chi connectivity index (χ2n) is 9.00. The average Bonchev–Trinajstić information content (AvgIpc) is 3.42. The molecule has 3 aliphatic rings. The Morgan fingerprint density at radius 3 is 2.27 bits per heavy atom. The molecule has 0 aromatic carbocycles. The summed E-state index contributed by atoms with van der Waals surface area (Å²) in [4.78, 5) is 41.7. The fraction of sp³-hybridized carbons (Fsp3) is 0.850. The van der Waals surface area contributed by atoms with Crippen LogP contribution in [0.5, 0.6) is 0 Å². The van der Waals surface area contributed by atoms with Gasteiger partial charge < -0.3 is 30.9 Å². The lowest BCUT2D eigenvalue weighted by atomic mass is 9.77. The third-order valence-corrected chi connectivity index (χ3v) is 6.94. The molecule has 168 valence electrons. The van der Waals surface area contributed by atoms with Gasteiger partial charge in [0.1, 0.15) is 12.1 Å². The molecule has 4 atom stereocenters. The van der Waals surface area contributed by atoms with E-state index < -0.39 is 31.2 Å². The van der Waals surface area contributed by atoms with E-state index in [2.05, 4.69) is 5.32 Å². The van der Waals surface area contributed by atoms with Gasteiger partial charge in [-0.1, -0.05) is 19.3 Å². The van der Waals surface area contributed by atoms with Gasteiger partial charge in [-0.25, -0.2) is 0 Å². The minimum Gasteiger partial charge on any atom is -0.426 e. The Labute approximate surface area is 178 Å². The van der Waals surface area contributed by atoms with Gasteiger partial charge >= 0.3 is 7.12 Å². The molecule has 3 fully saturated rings. The SMILES string of the molecule is C[C@H](NC(=O)C(N)C1CCCCC1)C(=O)N1CCC[C@H]1C(=O)N1CCC[C@H]1B(O)O. The lowest BCUT2D eigenvalue weighted by molar-refractivity contribution is -0.145. The second kappa shape index (κ2) is 10.1. The molecule has 2 aliphatic heterocycles. The molecule has 5 N–H and O–H groups in total. The molecule has 2 heterocycles.